The van der Waals surface area contributed by atoms with Crippen LogP contribution in [-0.4, -0.2) is 71.4 Å². The van der Waals surface area contributed by atoms with E-state index in [0.29, 0.717) is 0 Å². The molecule has 0 spiro atoms. The third kappa shape index (κ3) is 6.68. The van der Waals surface area contributed by atoms with Gasteiger partial charge in [0.1, 0.15) is 12.7 Å². The van der Waals surface area contributed by atoms with Crippen molar-refractivity contribution in [3.63, 3.8) is 0 Å². The van der Waals surface area contributed by atoms with Gasteiger partial charge in [0.25, 0.3) is 0 Å². The maximum atomic E-state index is 11.6. The molecule has 11 nitrogen and oxygen atoms in total. The maximum absolute atomic E-state index is 11.6. The van der Waals surface area contributed by atoms with Crippen LogP contribution >= 0.6 is 11.6 Å². The summed E-state index contributed by atoms with van der Waals surface area (Å²) in [6.07, 6.45) is -6.60. The van der Waals surface area contributed by atoms with Gasteiger partial charge in [-0.1, -0.05) is 16.8 Å². The van der Waals surface area contributed by atoms with Crippen molar-refractivity contribution in [3.8, 4) is 0 Å². The Hall–Kier alpha value is -2.40. The molecule has 1 aliphatic heterocycles. The summed E-state index contributed by atoms with van der Waals surface area (Å²) in [4.78, 5) is 45.7. The Kier molecular flexibility index (Phi) is 8.44. The van der Waals surface area contributed by atoms with E-state index in [4.69, 9.17) is 40.5 Å². The molecule has 1 saturated heterocycles. The number of carbonyl (C=O) groups is 4. The number of hydrogen-bond acceptors (Lipinski definition) is 11. The first-order valence-corrected chi connectivity index (χ1v) is 8.12. The van der Waals surface area contributed by atoms with E-state index < -0.39 is 66.2 Å². The minimum atomic E-state index is -1.40. The lowest BCUT2D eigenvalue weighted by atomic mass is 9.94. The molecule has 1 heterocycles. The van der Waals surface area contributed by atoms with Gasteiger partial charge in [0.2, 0.25) is 0 Å². The normalized spacial score (nSPS) is 28.0. The molecule has 0 bridgehead atoms. The van der Waals surface area contributed by atoms with Crippen LogP contribution in [0.5, 0.6) is 0 Å². The van der Waals surface area contributed by atoms with Crippen LogP contribution in [0.4, 0.5) is 0 Å². The average Bonchev–Trinajstić information content (AvgIpc) is 2.54. The molecule has 1 rings (SSSR count). The molecule has 0 aromatic rings. The molecular formula is C15H20ClNO10. The fourth-order valence-corrected chi connectivity index (χ4v) is 2.65. The summed E-state index contributed by atoms with van der Waals surface area (Å²) in [7, 11) is 0. The Balaban J connectivity index is 3.36. The van der Waals surface area contributed by atoms with E-state index in [-0.39, 0.29) is 0 Å². The Bertz CT molecular complexity index is 622. The van der Waals surface area contributed by atoms with E-state index in [1.54, 1.807) is 0 Å². The highest BCUT2D eigenvalue weighted by Crippen LogP contribution is 2.30. The van der Waals surface area contributed by atoms with Crippen LogP contribution in [0.25, 0.3) is 0 Å². The van der Waals surface area contributed by atoms with Crippen molar-refractivity contribution in [2.75, 3.05) is 6.61 Å². The molecule has 0 saturated carbocycles. The van der Waals surface area contributed by atoms with Gasteiger partial charge in [-0.2, -0.15) is 0 Å². The summed E-state index contributed by atoms with van der Waals surface area (Å²) in [5, 5.41) is 11.3. The van der Waals surface area contributed by atoms with Crippen molar-refractivity contribution in [1.29, 1.82) is 0 Å². The minimum absolute atomic E-state index is 0.399. The zero-order valence-electron chi connectivity index (χ0n) is 15.0. The number of rotatable bonds is 6. The van der Waals surface area contributed by atoms with Crippen LogP contribution in [0.2, 0.25) is 0 Å². The van der Waals surface area contributed by atoms with Crippen LogP contribution in [0, 0.1) is 0 Å². The van der Waals surface area contributed by atoms with Crippen molar-refractivity contribution in [1.82, 2.24) is 0 Å². The van der Waals surface area contributed by atoms with Crippen LogP contribution in [0.3, 0.4) is 0 Å². The molecule has 0 amide bonds. The van der Waals surface area contributed by atoms with Crippen molar-refractivity contribution in [2.24, 2.45) is 5.16 Å². The second-order valence-corrected chi connectivity index (χ2v) is 5.93. The first-order valence-electron chi connectivity index (χ1n) is 7.74. The standard InChI is InChI=1S/C15H20ClNO10/c1-6(18)23-5-10-11(24-7(2)19)12(25-8(3)20)13(26-9(4)21)14(27-10)15(16)17-22/h10-14,22H,5H2,1-4H3/b17-15+/t10-,11-,12+,13+,14-/m1/s1. The molecule has 5 atom stereocenters. The van der Waals surface area contributed by atoms with E-state index >= 15 is 0 Å². The van der Waals surface area contributed by atoms with Crippen LogP contribution in [0.15, 0.2) is 5.16 Å². The molecule has 0 aromatic carbocycles. The third-order valence-corrected chi connectivity index (χ3v) is 3.61. The summed E-state index contributed by atoms with van der Waals surface area (Å²) in [5.41, 5.74) is 0. The van der Waals surface area contributed by atoms with Gasteiger partial charge in [-0.3, -0.25) is 19.2 Å². The van der Waals surface area contributed by atoms with Crippen LogP contribution in [0.1, 0.15) is 27.7 Å². The van der Waals surface area contributed by atoms with Crippen LogP contribution < -0.4 is 0 Å². The van der Waals surface area contributed by atoms with Gasteiger partial charge in [0.15, 0.2) is 29.6 Å². The Labute approximate surface area is 159 Å². The number of halogens is 1. The lowest BCUT2D eigenvalue weighted by molar-refractivity contribution is -0.241. The first-order chi connectivity index (χ1) is 12.6. The van der Waals surface area contributed by atoms with Crippen molar-refractivity contribution >= 4 is 40.6 Å². The summed E-state index contributed by atoms with van der Waals surface area (Å²) >= 11 is 5.83. The molecule has 0 aliphatic carbocycles. The smallest absolute Gasteiger partial charge is 0.303 e. The highest BCUT2D eigenvalue weighted by atomic mass is 35.5. The molecule has 0 radical (unpaired) electrons. The molecule has 0 aromatic heterocycles. The first kappa shape index (κ1) is 22.6. The fraction of sp³-hybridized carbons (Fsp3) is 0.667. The lowest BCUT2D eigenvalue weighted by Crippen LogP contribution is -2.63. The van der Waals surface area contributed by atoms with Gasteiger partial charge < -0.3 is 28.9 Å². The maximum Gasteiger partial charge on any atom is 0.303 e. The number of ether oxygens (including phenoxy) is 5. The van der Waals surface area contributed by atoms with Crippen LogP contribution in [-0.2, 0) is 42.9 Å². The molecule has 152 valence electrons. The largest absolute Gasteiger partial charge is 0.463 e. The van der Waals surface area contributed by atoms with E-state index in [1.807, 2.05) is 0 Å². The molecule has 0 unspecified atom stereocenters. The quantitative estimate of drug-likeness (QED) is 0.211. The lowest BCUT2D eigenvalue weighted by Gasteiger charge is -2.43. The highest BCUT2D eigenvalue weighted by Gasteiger charge is 2.53. The molecule has 1 N–H and O–H groups in total. The zero-order chi connectivity index (χ0) is 20.7. The zero-order valence-corrected chi connectivity index (χ0v) is 15.8. The number of hydrogen-bond donors (Lipinski definition) is 1. The summed E-state index contributed by atoms with van der Waals surface area (Å²) in [6, 6.07) is 0. The number of carbonyl (C=O) groups excluding carboxylic acids is 4. The van der Waals surface area contributed by atoms with Crippen molar-refractivity contribution in [2.45, 2.75) is 58.2 Å². The second kappa shape index (κ2) is 10.1. The number of nitrogens with zero attached hydrogens (tertiary/aromatic N) is 1. The molecule has 12 heteroatoms. The number of esters is 4. The van der Waals surface area contributed by atoms with Gasteiger partial charge in [-0.05, 0) is 0 Å². The summed E-state index contributed by atoms with van der Waals surface area (Å²) in [5.74, 6) is -2.97. The summed E-state index contributed by atoms with van der Waals surface area (Å²) < 4.78 is 25.9. The van der Waals surface area contributed by atoms with Gasteiger partial charge in [-0.25, -0.2) is 0 Å². The predicted octanol–water partition coefficient (Wildman–Crippen LogP) is 0.138. The van der Waals surface area contributed by atoms with Crippen molar-refractivity contribution < 1.29 is 48.1 Å². The topological polar surface area (TPSA) is 147 Å². The molecule has 1 fully saturated rings. The molecule has 27 heavy (non-hydrogen) atoms. The molecular weight excluding hydrogens is 390 g/mol. The van der Waals surface area contributed by atoms with Crippen molar-refractivity contribution in [3.05, 3.63) is 0 Å². The van der Waals surface area contributed by atoms with E-state index in [2.05, 4.69) is 5.16 Å². The second-order valence-electron chi connectivity index (χ2n) is 5.54. The third-order valence-electron chi connectivity index (χ3n) is 3.32. The summed E-state index contributed by atoms with van der Waals surface area (Å²) in [6.45, 7) is 4.02. The van der Waals surface area contributed by atoms with Gasteiger partial charge >= 0.3 is 23.9 Å². The minimum Gasteiger partial charge on any atom is -0.463 e. The van der Waals surface area contributed by atoms with Gasteiger partial charge in [0, 0.05) is 27.7 Å². The monoisotopic (exact) mass is 409 g/mol. The number of oxime groups is 1. The van der Waals surface area contributed by atoms with Gasteiger partial charge in [0.05, 0.1) is 0 Å². The van der Waals surface area contributed by atoms with E-state index in [0.717, 1.165) is 27.7 Å². The fourth-order valence-electron chi connectivity index (χ4n) is 2.48. The Morgan fingerprint density at radius 2 is 1.37 bits per heavy atom. The molecule has 1 aliphatic rings. The predicted molar refractivity (Wildman–Crippen MR) is 87.0 cm³/mol. The highest BCUT2D eigenvalue weighted by molar-refractivity contribution is 6.66. The van der Waals surface area contributed by atoms with E-state index in [9.17, 15) is 19.2 Å². The average molecular weight is 410 g/mol. The Morgan fingerprint density at radius 1 is 0.889 bits per heavy atom. The SMILES string of the molecule is CC(=O)OC[C@H]1O[C@@H](/C(Cl)=N\O)[C@@H](OC(C)=O)[C@@H](OC(C)=O)[C@@H]1OC(C)=O. The Morgan fingerprint density at radius 3 is 1.81 bits per heavy atom. The van der Waals surface area contributed by atoms with E-state index in [1.165, 1.54) is 0 Å². The van der Waals surface area contributed by atoms with Gasteiger partial charge in [-0.15, -0.1) is 0 Å².